The number of hydrogen-bond donors (Lipinski definition) is 0. The molecule has 4 heteroatoms. The molecule has 8 rings (SSSR count). The molecular weight excluding hydrogens is 512 g/mol. The molecule has 6 aromatic carbocycles. The molecule has 8 aromatic rings. The molecule has 42 heavy (non-hydrogen) atoms. The normalized spacial score (nSPS) is 11.3. The third kappa shape index (κ3) is 4.09. The van der Waals surface area contributed by atoms with E-state index in [0.717, 1.165) is 45.0 Å². The Morgan fingerprint density at radius 1 is 0.476 bits per heavy atom. The van der Waals surface area contributed by atoms with Crippen LogP contribution in [0.5, 0.6) is 0 Å². The summed E-state index contributed by atoms with van der Waals surface area (Å²) in [6.07, 6.45) is 1.85. The zero-order chi connectivity index (χ0) is 27.9. The molecule has 4 nitrogen and oxygen atoms in total. The Hall–Kier alpha value is -5.74. The van der Waals surface area contributed by atoms with Gasteiger partial charge < -0.3 is 9.47 Å². The highest BCUT2D eigenvalue weighted by molar-refractivity contribution is 6.10. The number of rotatable bonds is 5. The van der Waals surface area contributed by atoms with Crippen molar-refractivity contribution in [2.75, 3.05) is 4.90 Å². The molecule has 198 valence electrons. The van der Waals surface area contributed by atoms with E-state index in [2.05, 4.69) is 142 Å². The van der Waals surface area contributed by atoms with Gasteiger partial charge in [0.05, 0.1) is 34.0 Å². The van der Waals surface area contributed by atoms with Crippen molar-refractivity contribution in [2.24, 2.45) is 0 Å². The maximum absolute atomic E-state index is 4.84. The first-order valence-corrected chi connectivity index (χ1v) is 14.1. The van der Waals surface area contributed by atoms with Crippen molar-refractivity contribution >= 4 is 49.9 Å². The predicted molar refractivity (Wildman–Crippen MR) is 174 cm³/mol. The molecule has 0 amide bonds. The second-order valence-corrected chi connectivity index (χ2v) is 10.4. The minimum Gasteiger partial charge on any atom is -0.310 e. The second kappa shape index (κ2) is 10.0. The summed E-state index contributed by atoms with van der Waals surface area (Å²) >= 11 is 0. The minimum atomic E-state index is 0.869. The van der Waals surface area contributed by atoms with Crippen LogP contribution in [-0.4, -0.2) is 14.5 Å². The zero-order valence-corrected chi connectivity index (χ0v) is 22.8. The third-order valence-corrected chi connectivity index (χ3v) is 7.81. The Balaban J connectivity index is 1.26. The van der Waals surface area contributed by atoms with Crippen LogP contribution in [0, 0.1) is 0 Å². The average molecular weight is 539 g/mol. The number of fused-ring (bicyclic) bond motifs is 4. The summed E-state index contributed by atoms with van der Waals surface area (Å²) in [4.78, 5) is 11.8. The quantitative estimate of drug-likeness (QED) is 0.219. The van der Waals surface area contributed by atoms with Crippen LogP contribution in [0.4, 0.5) is 17.1 Å². The summed E-state index contributed by atoms with van der Waals surface area (Å²) in [7, 11) is 0. The van der Waals surface area contributed by atoms with Crippen molar-refractivity contribution in [3.8, 4) is 16.9 Å². The molecule has 0 radical (unpaired) electrons. The highest BCUT2D eigenvalue weighted by Gasteiger charge is 2.17. The molecule has 0 saturated carbocycles. The van der Waals surface area contributed by atoms with Gasteiger partial charge in [-0.05, 0) is 72.8 Å². The van der Waals surface area contributed by atoms with Crippen LogP contribution in [0.3, 0.4) is 0 Å². The SMILES string of the molecule is c1ccc(N(c2ccccc2)c2ccc3c(c2)c2ccccc2n3-c2ccc(-c3cnc4ccccc4n3)cc2)cc1. The number of anilines is 3. The first-order chi connectivity index (χ1) is 20.8. The van der Waals surface area contributed by atoms with Crippen LogP contribution < -0.4 is 4.90 Å². The van der Waals surface area contributed by atoms with E-state index in [4.69, 9.17) is 4.98 Å². The first kappa shape index (κ1) is 24.1. The van der Waals surface area contributed by atoms with Gasteiger partial charge in [0.2, 0.25) is 0 Å². The maximum Gasteiger partial charge on any atom is 0.0894 e. The number of benzene rings is 6. The van der Waals surface area contributed by atoms with E-state index in [1.54, 1.807) is 0 Å². The molecule has 0 aliphatic carbocycles. The van der Waals surface area contributed by atoms with Crippen LogP contribution in [0.1, 0.15) is 0 Å². The number of hydrogen-bond acceptors (Lipinski definition) is 3. The van der Waals surface area contributed by atoms with E-state index in [0.29, 0.717) is 0 Å². The molecule has 0 saturated heterocycles. The smallest absolute Gasteiger partial charge is 0.0894 e. The standard InChI is InChI=1S/C38H26N4/c1-3-11-28(12-4-1)41(29-13-5-2-6-14-29)31-23-24-38-33(25-31)32-15-7-10-18-37(32)42(38)30-21-19-27(20-22-30)36-26-39-34-16-8-9-17-35(34)40-36/h1-26H. The summed E-state index contributed by atoms with van der Waals surface area (Å²) < 4.78 is 2.35. The molecule has 2 heterocycles. The van der Waals surface area contributed by atoms with E-state index in [1.165, 1.54) is 21.8 Å². The van der Waals surface area contributed by atoms with Crippen LogP contribution >= 0.6 is 0 Å². The van der Waals surface area contributed by atoms with Gasteiger partial charge in [-0.2, -0.15) is 0 Å². The lowest BCUT2D eigenvalue weighted by atomic mass is 10.1. The summed E-state index contributed by atoms with van der Waals surface area (Å²) in [5.74, 6) is 0. The van der Waals surface area contributed by atoms with Crippen LogP contribution in [-0.2, 0) is 0 Å². The molecule has 0 spiro atoms. The Kier molecular flexibility index (Phi) is 5.75. The summed E-state index contributed by atoms with van der Waals surface area (Å²) in [6, 6.07) is 53.1. The lowest BCUT2D eigenvalue weighted by Gasteiger charge is -2.25. The van der Waals surface area contributed by atoms with E-state index in [-0.39, 0.29) is 0 Å². The number of aromatic nitrogens is 3. The van der Waals surface area contributed by atoms with Crippen molar-refractivity contribution in [3.05, 3.63) is 158 Å². The topological polar surface area (TPSA) is 34.0 Å². The number of nitrogens with zero attached hydrogens (tertiary/aromatic N) is 4. The van der Waals surface area contributed by atoms with Gasteiger partial charge >= 0.3 is 0 Å². The van der Waals surface area contributed by atoms with E-state index in [9.17, 15) is 0 Å². The molecule has 0 N–H and O–H groups in total. The highest BCUT2D eigenvalue weighted by Crippen LogP contribution is 2.39. The fourth-order valence-corrected chi connectivity index (χ4v) is 5.86. The van der Waals surface area contributed by atoms with Crippen molar-refractivity contribution in [3.63, 3.8) is 0 Å². The predicted octanol–water partition coefficient (Wildman–Crippen LogP) is 9.86. The van der Waals surface area contributed by atoms with Crippen molar-refractivity contribution < 1.29 is 0 Å². The van der Waals surface area contributed by atoms with Gasteiger partial charge in [0.1, 0.15) is 0 Å². The summed E-state index contributed by atoms with van der Waals surface area (Å²) in [5, 5.41) is 2.43. The zero-order valence-electron chi connectivity index (χ0n) is 22.8. The van der Waals surface area contributed by atoms with Crippen molar-refractivity contribution in [1.29, 1.82) is 0 Å². The molecule has 0 aliphatic rings. The van der Waals surface area contributed by atoms with E-state index >= 15 is 0 Å². The fourth-order valence-electron chi connectivity index (χ4n) is 5.86. The second-order valence-electron chi connectivity index (χ2n) is 10.4. The Bertz CT molecular complexity index is 2140. The summed E-state index contributed by atoms with van der Waals surface area (Å²) in [5.41, 5.74) is 10.5. The van der Waals surface area contributed by atoms with Gasteiger partial charge in [0, 0.05) is 39.1 Å². The first-order valence-electron chi connectivity index (χ1n) is 14.1. The lowest BCUT2D eigenvalue weighted by Crippen LogP contribution is -2.09. The number of para-hydroxylation sites is 5. The van der Waals surface area contributed by atoms with Gasteiger partial charge in [0.25, 0.3) is 0 Å². The Morgan fingerprint density at radius 2 is 1.10 bits per heavy atom. The van der Waals surface area contributed by atoms with Crippen LogP contribution in [0.15, 0.2) is 158 Å². The molecule has 0 bridgehead atoms. The lowest BCUT2D eigenvalue weighted by molar-refractivity contribution is 1.18. The van der Waals surface area contributed by atoms with Gasteiger partial charge in [-0.15, -0.1) is 0 Å². The van der Waals surface area contributed by atoms with E-state index in [1.807, 2.05) is 30.5 Å². The van der Waals surface area contributed by atoms with Crippen molar-refractivity contribution in [2.45, 2.75) is 0 Å². The Labute approximate surface area is 243 Å². The highest BCUT2D eigenvalue weighted by atomic mass is 15.1. The van der Waals surface area contributed by atoms with Crippen LogP contribution in [0.25, 0.3) is 49.8 Å². The molecule has 2 aromatic heterocycles. The van der Waals surface area contributed by atoms with Gasteiger partial charge in [-0.25, -0.2) is 4.98 Å². The Morgan fingerprint density at radius 3 is 1.83 bits per heavy atom. The fraction of sp³-hybridized carbons (Fsp3) is 0. The molecule has 0 fully saturated rings. The summed E-state index contributed by atoms with van der Waals surface area (Å²) in [6.45, 7) is 0. The monoisotopic (exact) mass is 538 g/mol. The van der Waals surface area contributed by atoms with Gasteiger partial charge in [-0.3, -0.25) is 4.98 Å². The average Bonchev–Trinajstić information content (AvgIpc) is 3.39. The third-order valence-electron chi connectivity index (χ3n) is 7.81. The molecule has 0 atom stereocenters. The molecule has 0 unspecified atom stereocenters. The van der Waals surface area contributed by atoms with E-state index < -0.39 is 0 Å². The molecule has 0 aliphatic heterocycles. The minimum absolute atomic E-state index is 0.869. The van der Waals surface area contributed by atoms with Gasteiger partial charge in [-0.1, -0.05) is 78.9 Å². The van der Waals surface area contributed by atoms with Gasteiger partial charge in [0.15, 0.2) is 0 Å². The largest absolute Gasteiger partial charge is 0.310 e. The molecular formula is C38H26N4. The maximum atomic E-state index is 4.84. The van der Waals surface area contributed by atoms with Crippen molar-refractivity contribution in [1.82, 2.24) is 14.5 Å². The van der Waals surface area contributed by atoms with Crippen LogP contribution in [0.2, 0.25) is 0 Å².